The van der Waals surface area contributed by atoms with Crippen LogP contribution in [0.3, 0.4) is 0 Å². The lowest BCUT2D eigenvalue weighted by molar-refractivity contribution is 0.00484. The van der Waals surface area contributed by atoms with Crippen molar-refractivity contribution >= 4 is 0 Å². The van der Waals surface area contributed by atoms with E-state index in [1.807, 2.05) is 68.4 Å². The van der Waals surface area contributed by atoms with Crippen molar-refractivity contribution in [3.05, 3.63) is 65.7 Å². The van der Waals surface area contributed by atoms with Crippen molar-refractivity contribution in [3.8, 4) is 5.75 Å². The number of hydrogen-bond acceptors (Lipinski definition) is 3. The smallest absolute Gasteiger partial charge is 0.120 e. The zero-order valence-corrected chi connectivity index (χ0v) is 12.5. The van der Waals surface area contributed by atoms with Crippen LogP contribution >= 0.6 is 0 Å². The van der Waals surface area contributed by atoms with Gasteiger partial charge in [0.1, 0.15) is 18.5 Å². The quantitative estimate of drug-likeness (QED) is 0.843. The molecule has 0 amide bonds. The third-order valence-corrected chi connectivity index (χ3v) is 3.08. The number of rotatable bonds is 7. The maximum Gasteiger partial charge on any atom is 0.120 e. The molecular weight excluding hydrogens is 264 g/mol. The first-order valence-corrected chi connectivity index (χ1v) is 7.21. The number of benzene rings is 2. The van der Waals surface area contributed by atoms with Crippen LogP contribution in [-0.2, 0) is 11.3 Å². The van der Waals surface area contributed by atoms with Gasteiger partial charge in [-0.2, -0.15) is 0 Å². The third kappa shape index (κ3) is 5.21. The molecule has 3 heteroatoms. The zero-order chi connectivity index (χ0) is 15.1. The molecule has 112 valence electrons. The highest BCUT2D eigenvalue weighted by molar-refractivity contribution is 5.30. The molecule has 0 aliphatic carbocycles. The molecule has 0 fully saturated rings. The molecule has 0 aromatic heterocycles. The molecule has 2 aromatic carbocycles. The molecule has 0 bridgehead atoms. The van der Waals surface area contributed by atoms with Gasteiger partial charge in [-0.3, -0.25) is 0 Å². The Labute approximate surface area is 126 Å². The highest BCUT2D eigenvalue weighted by atomic mass is 16.5. The highest BCUT2D eigenvalue weighted by Gasteiger charge is 2.09. The molecule has 1 unspecified atom stereocenters. The predicted octanol–water partition coefficient (Wildman–Crippen LogP) is 3.72. The van der Waals surface area contributed by atoms with Crippen LogP contribution in [0.1, 0.15) is 31.1 Å². The second-order valence-electron chi connectivity index (χ2n) is 5.24. The fraction of sp³-hybridized carbons (Fsp3) is 0.333. The van der Waals surface area contributed by atoms with Crippen LogP contribution in [0, 0.1) is 0 Å². The third-order valence-electron chi connectivity index (χ3n) is 3.08. The predicted molar refractivity (Wildman–Crippen MR) is 83.3 cm³/mol. The Hall–Kier alpha value is -1.84. The second-order valence-corrected chi connectivity index (χ2v) is 5.24. The van der Waals surface area contributed by atoms with Crippen LogP contribution in [-0.4, -0.2) is 17.8 Å². The lowest BCUT2D eigenvalue weighted by Crippen LogP contribution is -2.11. The zero-order valence-electron chi connectivity index (χ0n) is 12.5. The van der Waals surface area contributed by atoms with Crippen LogP contribution in [0.4, 0.5) is 0 Å². The Balaban J connectivity index is 1.94. The Bertz CT molecular complexity index is 537. The molecule has 1 atom stereocenters. The maximum absolute atomic E-state index is 10.1. The Morgan fingerprint density at radius 3 is 2.48 bits per heavy atom. The van der Waals surface area contributed by atoms with E-state index in [9.17, 15) is 5.11 Å². The van der Waals surface area contributed by atoms with E-state index in [1.165, 1.54) is 0 Å². The molecule has 3 nitrogen and oxygen atoms in total. The van der Waals surface area contributed by atoms with Gasteiger partial charge < -0.3 is 14.6 Å². The van der Waals surface area contributed by atoms with Crippen LogP contribution in [0.2, 0.25) is 0 Å². The van der Waals surface area contributed by atoms with Crippen molar-refractivity contribution in [1.82, 2.24) is 0 Å². The van der Waals surface area contributed by atoms with Crippen LogP contribution < -0.4 is 4.74 Å². The van der Waals surface area contributed by atoms with Gasteiger partial charge in [0.05, 0.1) is 12.7 Å². The molecule has 0 saturated heterocycles. The van der Waals surface area contributed by atoms with Gasteiger partial charge in [-0.25, -0.2) is 0 Å². The molecule has 0 heterocycles. The number of aliphatic hydroxyl groups excluding tert-OH is 1. The van der Waals surface area contributed by atoms with Gasteiger partial charge in [0.2, 0.25) is 0 Å². The van der Waals surface area contributed by atoms with Crippen molar-refractivity contribution < 1.29 is 14.6 Å². The largest absolute Gasteiger partial charge is 0.489 e. The van der Waals surface area contributed by atoms with Gasteiger partial charge in [-0.15, -0.1) is 0 Å². The molecule has 2 aromatic rings. The van der Waals surface area contributed by atoms with Gasteiger partial charge >= 0.3 is 0 Å². The first kappa shape index (κ1) is 15.5. The summed E-state index contributed by atoms with van der Waals surface area (Å²) >= 11 is 0. The van der Waals surface area contributed by atoms with Gasteiger partial charge in [-0.1, -0.05) is 42.5 Å². The fourth-order valence-corrected chi connectivity index (χ4v) is 1.93. The normalized spacial score (nSPS) is 12.4. The van der Waals surface area contributed by atoms with Gasteiger partial charge in [0.15, 0.2) is 0 Å². The average molecular weight is 286 g/mol. The summed E-state index contributed by atoms with van der Waals surface area (Å²) in [6.45, 7) is 4.71. The lowest BCUT2D eigenvalue weighted by atomic mass is 10.1. The Morgan fingerprint density at radius 1 is 1.00 bits per heavy atom. The molecule has 0 radical (unpaired) electrons. The van der Waals surface area contributed by atoms with Crippen LogP contribution in [0.15, 0.2) is 54.6 Å². The summed E-state index contributed by atoms with van der Waals surface area (Å²) in [5, 5.41) is 10.1. The van der Waals surface area contributed by atoms with Crippen LogP contribution in [0.5, 0.6) is 5.75 Å². The van der Waals surface area contributed by atoms with Crippen molar-refractivity contribution in [2.75, 3.05) is 6.61 Å². The van der Waals surface area contributed by atoms with Gasteiger partial charge in [0, 0.05) is 0 Å². The van der Waals surface area contributed by atoms with Crippen molar-refractivity contribution in [2.24, 2.45) is 0 Å². The minimum Gasteiger partial charge on any atom is -0.489 e. The Kier molecular flexibility index (Phi) is 5.78. The molecule has 0 aliphatic heterocycles. The molecule has 0 spiro atoms. The van der Waals surface area contributed by atoms with E-state index < -0.39 is 6.10 Å². The van der Waals surface area contributed by atoms with Crippen molar-refractivity contribution in [2.45, 2.75) is 32.7 Å². The average Bonchev–Trinajstić information content (AvgIpc) is 2.52. The first-order chi connectivity index (χ1) is 10.1. The summed E-state index contributed by atoms with van der Waals surface area (Å²) in [5.74, 6) is 0.750. The minimum absolute atomic E-state index is 0.108. The summed E-state index contributed by atoms with van der Waals surface area (Å²) in [5.41, 5.74) is 1.92. The molecule has 0 saturated carbocycles. The van der Waals surface area contributed by atoms with Crippen LogP contribution in [0.25, 0.3) is 0 Å². The van der Waals surface area contributed by atoms with Gasteiger partial charge in [-0.05, 0) is 37.1 Å². The number of aliphatic hydroxyl groups is 1. The minimum atomic E-state index is -0.632. The summed E-state index contributed by atoms with van der Waals surface area (Å²) in [4.78, 5) is 0. The second kappa shape index (κ2) is 7.81. The van der Waals surface area contributed by atoms with E-state index in [0.717, 1.165) is 16.9 Å². The SMILES string of the molecule is CC(C)OCC(O)c1cccc(OCc2ccccc2)c1. The lowest BCUT2D eigenvalue weighted by Gasteiger charge is -2.15. The molecule has 21 heavy (non-hydrogen) atoms. The summed E-state index contributed by atoms with van der Waals surface area (Å²) < 4.78 is 11.2. The molecular formula is C18H22O3. The van der Waals surface area contributed by atoms with Gasteiger partial charge in [0.25, 0.3) is 0 Å². The van der Waals surface area contributed by atoms with E-state index >= 15 is 0 Å². The maximum atomic E-state index is 10.1. The summed E-state index contributed by atoms with van der Waals surface area (Å²) in [6, 6.07) is 17.5. The van der Waals surface area contributed by atoms with E-state index in [1.54, 1.807) is 0 Å². The van der Waals surface area contributed by atoms with E-state index in [2.05, 4.69) is 0 Å². The first-order valence-electron chi connectivity index (χ1n) is 7.21. The van der Waals surface area contributed by atoms with E-state index in [4.69, 9.17) is 9.47 Å². The Morgan fingerprint density at radius 2 is 1.76 bits per heavy atom. The fourth-order valence-electron chi connectivity index (χ4n) is 1.93. The topological polar surface area (TPSA) is 38.7 Å². The van der Waals surface area contributed by atoms with E-state index in [-0.39, 0.29) is 6.10 Å². The van der Waals surface area contributed by atoms with Crippen molar-refractivity contribution in [3.63, 3.8) is 0 Å². The standard InChI is InChI=1S/C18H22O3/c1-14(2)20-13-18(19)16-9-6-10-17(11-16)21-12-15-7-4-3-5-8-15/h3-11,14,18-19H,12-13H2,1-2H3. The highest BCUT2D eigenvalue weighted by Crippen LogP contribution is 2.20. The summed E-state index contributed by atoms with van der Waals surface area (Å²) in [6.07, 6.45) is -0.523. The number of ether oxygens (including phenoxy) is 2. The molecule has 0 aliphatic rings. The van der Waals surface area contributed by atoms with Crippen molar-refractivity contribution in [1.29, 1.82) is 0 Å². The monoisotopic (exact) mass is 286 g/mol. The number of hydrogen-bond donors (Lipinski definition) is 1. The van der Waals surface area contributed by atoms with E-state index in [0.29, 0.717) is 13.2 Å². The summed E-state index contributed by atoms with van der Waals surface area (Å²) in [7, 11) is 0. The molecule has 1 N–H and O–H groups in total. The molecule has 2 rings (SSSR count).